The van der Waals surface area contributed by atoms with Gasteiger partial charge in [-0.25, -0.2) is 0 Å². The van der Waals surface area contributed by atoms with Crippen LogP contribution in [0.25, 0.3) is 10.8 Å². The fraction of sp³-hybridized carbons (Fsp3) is 0.200. The molecule has 0 saturated heterocycles. The quantitative estimate of drug-likeness (QED) is 0.769. The molecule has 3 aromatic rings. The van der Waals surface area contributed by atoms with E-state index in [0.717, 1.165) is 11.1 Å². The minimum Gasteiger partial charge on any atom is -0.485 e. The van der Waals surface area contributed by atoms with E-state index in [1.54, 1.807) is 0 Å². The van der Waals surface area contributed by atoms with Crippen molar-refractivity contribution < 1.29 is 9.26 Å². The van der Waals surface area contributed by atoms with Gasteiger partial charge in [0.05, 0.1) is 0 Å². The van der Waals surface area contributed by atoms with Gasteiger partial charge in [0.2, 0.25) is 11.7 Å². The summed E-state index contributed by atoms with van der Waals surface area (Å²) < 4.78 is 10.7. The molecule has 5 heteroatoms. The molecule has 1 aromatic heterocycles. The highest BCUT2D eigenvalue weighted by molar-refractivity contribution is 5.83. The van der Waals surface area contributed by atoms with Gasteiger partial charge >= 0.3 is 0 Å². The van der Waals surface area contributed by atoms with Crippen LogP contribution in [0.5, 0.6) is 5.75 Å². The molecular formula is C15H15N3O2. The first kappa shape index (κ1) is 12.6. The molecule has 0 amide bonds. The third-order valence-corrected chi connectivity index (χ3v) is 2.96. The summed E-state index contributed by atoms with van der Waals surface area (Å²) in [6.45, 7) is 0.777. The number of hydrogen-bond acceptors (Lipinski definition) is 5. The molecule has 20 heavy (non-hydrogen) atoms. The van der Waals surface area contributed by atoms with Crippen molar-refractivity contribution >= 4 is 10.8 Å². The Labute approximate surface area is 116 Å². The summed E-state index contributed by atoms with van der Waals surface area (Å²) in [5.41, 5.74) is 5.43. The molecule has 3 rings (SSSR count). The van der Waals surface area contributed by atoms with E-state index in [4.69, 9.17) is 15.0 Å². The maximum Gasteiger partial charge on any atom is 0.228 e. The van der Waals surface area contributed by atoms with Crippen molar-refractivity contribution in [2.75, 3.05) is 6.54 Å². The second-order valence-electron chi connectivity index (χ2n) is 4.44. The molecule has 0 spiro atoms. The molecule has 2 N–H and O–H groups in total. The lowest BCUT2D eigenvalue weighted by Crippen LogP contribution is -2.03. The third-order valence-electron chi connectivity index (χ3n) is 2.96. The number of aromatic nitrogens is 2. The van der Waals surface area contributed by atoms with E-state index in [-0.39, 0.29) is 6.61 Å². The van der Waals surface area contributed by atoms with Gasteiger partial charge in [-0.05, 0) is 22.9 Å². The standard InChI is InChI=1S/C15H15N3O2/c16-8-7-15-17-14(18-20-15)10-19-13-6-5-11-3-1-2-4-12(11)9-13/h1-6,9H,7-8,10,16H2. The molecule has 0 saturated carbocycles. The van der Waals surface area contributed by atoms with E-state index in [9.17, 15) is 0 Å². The Hall–Kier alpha value is -2.40. The fourth-order valence-electron chi connectivity index (χ4n) is 1.98. The predicted molar refractivity (Wildman–Crippen MR) is 75.3 cm³/mol. The molecule has 0 aliphatic carbocycles. The van der Waals surface area contributed by atoms with Crippen molar-refractivity contribution in [1.82, 2.24) is 10.1 Å². The van der Waals surface area contributed by atoms with Crippen LogP contribution >= 0.6 is 0 Å². The van der Waals surface area contributed by atoms with E-state index in [1.807, 2.05) is 30.3 Å². The van der Waals surface area contributed by atoms with E-state index >= 15 is 0 Å². The molecule has 0 unspecified atom stereocenters. The van der Waals surface area contributed by atoms with Crippen LogP contribution in [0.3, 0.4) is 0 Å². The zero-order valence-corrected chi connectivity index (χ0v) is 11.0. The van der Waals surface area contributed by atoms with E-state index in [1.165, 1.54) is 5.39 Å². The third kappa shape index (κ3) is 2.78. The van der Waals surface area contributed by atoms with Crippen molar-refractivity contribution in [2.45, 2.75) is 13.0 Å². The molecule has 0 aliphatic rings. The number of hydrogen-bond donors (Lipinski definition) is 1. The van der Waals surface area contributed by atoms with Gasteiger partial charge in [0, 0.05) is 13.0 Å². The summed E-state index contributed by atoms with van der Waals surface area (Å²) in [7, 11) is 0. The molecule has 102 valence electrons. The van der Waals surface area contributed by atoms with Crippen molar-refractivity contribution in [3.63, 3.8) is 0 Å². The number of ether oxygens (including phenoxy) is 1. The summed E-state index contributed by atoms with van der Waals surface area (Å²) in [6.07, 6.45) is 0.586. The number of fused-ring (bicyclic) bond motifs is 1. The average molecular weight is 269 g/mol. The largest absolute Gasteiger partial charge is 0.485 e. The second-order valence-corrected chi connectivity index (χ2v) is 4.44. The lowest BCUT2D eigenvalue weighted by molar-refractivity contribution is 0.285. The summed E-state index contributed by atoms with van der Waals surface area (Å²) in [5.74, 6) is 1.86. The second kappa shape index (κ2) is 5.71. The summed E-state index contributed by atoms with van der Waals surface area (Å²) >= 11 is 0. The maximum atomic E-state index is 5.68. The van der Waals surface area contributed by atoms with Gasteiger partial charge in [-0.2, -0.15) is 4.98 Å². The Morgan fingerprint density at radius 1 is 1.10 bits per heavy atom. The van der Waals surface area contributed by atoms with Crippen LogP contribution in [0.1, 0.15) is 11.7 Å². The topological polar surface area (TPSA) is 74.2 Å². The van der Waals surface area contributed by atoms with Crippen LogP contribution in [0.15, 0.2) is 47.0 Å². The van der Waals surface area contributed by atoms with E-state index < -0.39 is 0 Å². The first-order valence-electron chi connectivity index (χ1n) is 6.48. The highest BCUT2D eigenvalue weighted by Crippen LogP contribution is 2.21. The van der Waals surface area contributed by atoms with Crippen LogP contribution in [-0.4, -0.2) is 16.7 Å². The molecule has 5 nitrogen and oxygen atoms in total. The Bertz CT molecular complexity index is 709. The summed E-state index contributed by atoms with van der Waals surface area (Å²) in [4.78, 5) is 4.19. The molecule has 0 fully saturated rings. The van der Waals surface area contributed by atoms with Crippen LogP contribution in [-0.2, 0) is 13.0 Å². The molecule has 0 atom stereocenters. The van der Waals surface area contributed by atoms with Gasteiger partial charge in [0.25, 0.3) is 0 Å². The van der Waals surface area contributed by atoms with Gasteiger partial charge in [-0.1, -0.05) is 35.5 Å². The van der Waals surface area contributed by atoms with Crippen LogP contribution < -0.4 is 10.5 Å². The number of nitrogens with two attached hydrogens (primary N) is 1. The zero-order chi connectivity index (χ0) is 13.8. The molecule has 1 heterocycles. The van der Waals surface area contributed by atoms with Crippen LogP contribution in [0.4, 0.5) is 0 Å². The normalized spacial score (nSPS) is 10.8. The fourth-order valence-corrected chi connectivity index (χ4v) is 1.98. The molecular weight excluding hydrogens is 254 g/mol. The monoisotopic (exact) mass is 269 g/mol. The van der Waals surface area contributed by atoms with Gasteiger partial charge < -0.3 is 15.0 Å². The first-order chi connectivity index (χ1) is 9.85. The zero-order valence-electron chi connectivity index (χ0n) is 11.0. The smallest absolute Gasteiger partial charge is 0.228 e. The van der Waals surface area contributed by atoms with Gasteiger partial charge in [-0.3, -0.25) is 0 Å². The minimum atomic E-state index is 0.284. The predicted octanol–water partition coefficient (Wildman–Crippen LogP) is 2.30. The van der Waals surface area contributed by atoms with Crippen LogP contribution in [0, 0.1) is 0 Å². The number of nitrogens with zero attached hydrogens (tertiary/aromatic N) is 2. The highest BCUT2D eigenvalue weighted by Gasteiger charge is 2.06. The lowest BCUT2D eigenvalue weighted by atomic mass is 10.1. The lowest BCUT2D eigenvalue weighted by Gasteiger charge is -2.04. The first-order valence-corrected chi connectivity index (χ1v) is 6.48. The molecule has 0 bridgehead atoms. The maximum absolute atomic E-state index is 5.68. The number of benzene rings is 2. The van der Waals surface area contributed by atoms with Gasteiger partial charge in [0.1, 0.15) is 5.75 Å². The Morgan fingerprint density at radius 3 is 2.80 bits per heavy atom. The minimum absolute atomic E-state index is 0.284. The molecule has 0 aliphatic heterocycles. The summed E-state index contributed by atoms with van der Waals surface area (Å²) in [6, 6.07) is 14.1. The average Bonchev–Trinajstić information content (AvgIpc) is 2.93. The Balaban J connectivity index is 1.69. The van der Waals surface area contributed by atoms with Crippen molar-refractivity contribution in [3.8, 4) is 5.75 Å². The molecule has 0 radical (unpaired) electrons. The van der Waals surface area contributed by atoms with Gasteiger partial charge in [0.15, 0.2) is 6.61 Å². The van der Waals surface area contributed by atoms with E-state index in [2.05, 4.69) is 22.3 Å². The van der Waals surface area contributed by atoms with Crippen molar-refractivity contribution in [1.29, 1.82) is 0 Å². The number of rotatable bonds is 5. The molecule has 2 aromatic carbocycles. The summed E-state index contributed by atoms with van der Waals surface area (Å²) in [5, 5.41) is 6.17. The van der Waals surface area contributed by atoms with Gasteiger partial charge in [-0.15, -0.1) is 0 Å². The van der Waals surface area contributed by atoms with E-state index in [0.29, 0.717) is 24.7 Å². The van der Waals surface area contributed by atoms with Crippen molar-refractivity contribution in [3.05, 3.63) is 54.2 Å². The Kier molecular flexibility index (Phi) is 3.60. The van der Waals surface area contributed by atoms with Crippen molar-refractivity contribution in [2.24, 2.45) is 5.73 Å². The highest BCUT2D eigenvalue weighted by atomic mass is 16.5. The SMILES string of the molecule is NCCc1nc(COc2ccc3ccccc3c2)no1. The van der Waals surface area contributed by atoms with Crippen LogP contribution in [0.2, 0.25) is 0 Å². The Morgan fingerprint density at radius 2 is 1.95 bits per heavy atom.